The van der Waals surface area contributed by atoms with Crippen LogP contribution < -0.4 is 5.32 Å². The molecule has 1 aromatic heterocycles. The molecule has 2 aromatic rings. The third kappa shape index (κ3) is 3.80. The Morgan fingerprint density at radius 2 is 2.00 bits per heavy atom. The SMILES string of the molecule is COCCNCc1nc(-c2cc(F)cc(F)c2)no1. The summed E-state index contributed by atoms with van der Waals surface area (Å²) < 4.78 is 35.9. The molecule has 0 unspecified atom stereocenters. The number of hydrogen-bond donors (Lipinski definition) is 1. The first-order valence-corrected chi connectivity index (χ1v) is 5.68. The quantitative estimate of drug-likeness (QED) is 0.810. The summed E-state index contributed by atoms with van der Waals surface area (Å²) in [5, 5.41) is 6.70. The molecule has 0 saturated carbocycles. The Morgan fingerprint density at radius 1 is 1.26 bits per heavy atom. The van der Waals surface area contributed by atoms with Gasteiger partial charge in [-0.1, -0.05) is 5.16 Å². The standard InChI is InChI=1S/C12H13F2N3O2/c1-18-3-2-15-7-11-16-12(17-19-11)8-4-9(13)6-10(14)5-8/h4-6,15H,2-3,7H2,1H3. The average Bonchev–Trinajstić information content (AvgIpc) is 2.82. The Morgan fingerprint density at radius 3 is 2.68 bits per heavy atom. The smallest absolute Gasteiger partial charge is 0.240 e. The van der Waals surface area contributed by atoms with Crippen molar-refractivity contribution in [3.8, 4) is 11.4 Å². The summed E-state index contributed by atoms with van der Waals surface area (Å²) in [4.78, 5) is 4.05. The predicted molar refractivity (Wildman–Crippen MR) is 63.2 cm³/mol. The van der Waals surface area contributed by atoms with E-state index < -0.39 is 11.6 Å². The zero-order valence-electron chi connectivity index (χ0n) is 10.3. The van der Waals surface area contributed by atoms with Gasteiger partial charge in [-0.15, -0.1) is 0 Å². The van der Waals surface area contributed by atoms with E-state index in [1.807, 2.05) is 0 Å². The van der Waals surface area contributed by atoms with Crippen LogP contribution in [-0.4, -0.2) is 30.4 Å². The van der Waals surface area contributed by atoms with E-state index in [2.05, 4.69) is 15.5 Å². The number of nitrogens with zero attached hydrogens (tertiary/aromatic N) is 2. The zero-order chi connectivity index (χ0) is 13.7. The molecule has 0 saturated heterocycles. The molecule has 5 nitrogen and oxygen atoms in total. The molecule has 0 amide bonds. The lowest BCUT2D eigenvalue weighted by Crippen LogP contribution is -2.18. The molecular weight excluding hydrogens is 256 g/mol. The van der Waals surface area contributed by atoms with Gasteiger partial charge in [0, 0.05) is 25.3 Å². The van der Waals surface area contributed by atoms with Crippen LogP contribution in [0.15, 0.2) is 22.7 Å². The molecule has 0 radical (unpaired) electrons. The van der Waals surface area contributed by atoms with Gasteiger partial charge in [0.05, 0.1) is 13.2 Å². The summed E-state index contributed by atoms with van der Waals surface area (Å²) >= 11 is 0. The summed E-state index contributed by atoms with van der Waals surface area (Å²) in [6, 6.07) is 3.09. The third-order valence-corrected chi connectivity index (χ3v) is 2.35. The van der Waals surface area contributed by atoms with Gasteiger partial charge in [-0.3, -0.25) is 0 Å². The summed E-state index contributed by atoms with van der Waals surface area (Å²) in [6.07, 6.45) is 0. The van der Waals surface area contributed by atoms with Crippen molar-refractivity contribution in [3.05, 3.63) is 35.7 Å². The van der Waals surface area contributed by atoms with Crippen molar-refractivity contribution in [2.75, 3.05) is 20.3 Å². The topological polar surface area (TPSA) is 60.2 Å². The Hall–Kier alpha value is -1.86. The minimum Gasteiger partial charge on any atom is -0.383 e. The molecule has 0 aliphatic rings. The molecule has 0 atom stereocenters. The minimum absolute atomic E-state index is 0.155. The third-order valence-electron chi connectivity index (χ3n) is 2.35. The summed E-state index contributed by atoms with van der Waals surface area (Å²) in [6.45, 7) is 1.58. The molecule has 19 heavy (non-hydrogen) atoms. The molecule has 1 heterocycles. The van der Waals surface area contributed by atoms with Gasteiger partial charge in [0.25, 0.3) is 0 Å². The van der Waals surface area contributed by atoms with Gasteiger partial charge in [-0.2, -0.15) is 4.98 Å². The highest BCUT2D eigenvalue weighted by atomic mass is 19.1. The van der Waals surface area contributed by atoms with Gasteiger partial charge in [0.1, 0.15) is 11.6 Å². The van der Waals surface area contributed by atoms with Crippen molar-refractivity contribution in [1.29, 1.82) is 0 Å². The van der Waals surface area contributed by atoms with Crippen LogP contribution in [0.2, 0.25) is 0 Å². The Balaban J connectivity index is 2.03. The second-order valence-corrected chi connectivity index (χ2v) is 3.84. The lowest BCUT2D eigenvalue weighted by molar-refractivity contribution is 0.197. The monoisotopic (exact) mass is 269 g/mol. The highest BCUT2D eigenvalue weighted by Crippen LogP contribution is 2.18. The Bertz CT molecular complexity index is 525. The second-order valence-electron chi connectivity index (χ2n) is 3.84. The molecular formula is C12H13F2N3O2. The van der Waals surface area contributed by atoms with Gasteiger partial charge in [-0.25, -0.2) is 8.78 Å². The highest BCUT2D eigenvalue weighted by Gasteiger charge is 2.10. The molecule has 1 aromatic carbocycles. The van der Waals surface area contributed by atoms with Crippen molar-refractivity contribution in [3.63, 3.8) is 0 Å². The van der Waals surface area contributed by atoms with Gasteiger partial charge < -0.3 is 14.6 Å². The number of aromatic nitrogens is 2. The fraction of sp³-hybridized carbons (Fsp3) is 0.333. The van der Waals surface area contributed by atoms with Gasteiger partial charge in [0.15, 0.2) is 0 Å². The van der Waals surface area contributed by atoms with Crippen LogP contribution in [0.25, 0.3) is 11.4 Å². The molecule has 0 aliphatic heterocycles. The van der Waals surface area contributed by atoms with Crippen molar-refractivity contribution in [2.45, 2.75) is 6.54 Å². The molecule has 0 bridgehead atoms. The first-order chi connectivity index (χ1) is 9.19. The Kier molecular flexibility index (Phi) is 4.53. The molecule has 1 N–H and O–H groups in total. The first-order valence-electron chi connectivity index (χ1n) is 5.68. The van der Waals surface area contributed by atoms with Crippen LogP contribution in [0.3, 0.4) is 0 Å². The lowest BCUT2D eigenvalue weighted by atomic mass is 10.2. The number of methoxy groups -OCH3 is 1. The van der Waals surface area contributed by atoms with E-state index >= 15 is 0 Å². The van der Waals surface area contributed by atoms with E-state index in [4.69, 9.17) is 9.26 Å². The largest absolute Gasteiger partial charge is 0.383 e. The van der Waals surface area contributed by atoms with Crippen LogP contribution in [0.5, 0.6) is 0 Å². The molecule has 0 spiro atoms. The van der Waals surface area contributed by atoms with Crippen LogP contribution in [0, 0.1) is 11.6 Å². The summed E-state index contributed by atoms with van der Waals surface area (Å²) in [5.74, 6) is -0.864. The van der Waals surface area contributed by atoms with E-state index in [-0.39, 0.29) is 11.4 Å². The van der Waals surface area contributed by atoms with E-state index in [0.29, 0.717) is 25.6 Å². The maximum Gasteiger partial charge on any atom is 0.240 e. The maximum absolute atomic E-state index is 13.1. The number of rotatable bonds is 6. The molecule has 0 fully saturated rings. The van der Waals surface area contributed by atoms with Crippen molar-refractivity contribution in [2.24, 2.45) is 0 Å². The number of halogens is 2. The Labute approximate surface area is 108 Å². The van der Waals surface area contributed by atoms with Crippen molar-refractivity contribution in [1.82, 2.24) is 15.5 Å². The van der Waals surface area contributed by atoms with Crippen LogP contribution in [-0.2, 0) is 11.3 Å². The van der Waals surface area contributed by atoms with Crippen molar-refractivity contribution < 1.29 is 18.0 Å². The summed E-state index contributed by atoms with van der Waals surface area (Å²) in [7, 11) is 1.60. The molecule has 7 heteroatoms. The minimum atomic E-state index is -0.681. The van der Waals surface area contributed by atoms with E-state index in [1.165, 1.54) is 0 Å². The van der Waals surface area contributed by atoms with Gasteiger partial charge >= 0.3 is 0 Å². The molecule has 0 aliphatic carbocycles. The van der Waals surface area contributed by atoms with Crippen LogP contribution >= 0.6 is 0 Å². The highest BCUT2D eigenvalue weighted by molar-refractivity contribution is 5.54. The van der Waals surface area contributed by atoms with E-state index in [0.717, 1.165) is 18.2 Å². The maximum atomic E-state index is 13.1. The van der Waals surface area contributed by atoms with Gasteiger partial charge in [0.2, 0.25) is 11.7 Å². The van der Waals surface area contributed by atoms with Crippen LogP contribution in [0.4, 0.5) is 8.78 Å². The first kappa shape index (κ1) is 13.6. The summed E-state index contributed by atoms with van der Waals surface area (Å²) in [5.41, 5.74) is 0.240. The average molecular weight is 269 g/mol. The second kappa shape index (κ2) is 6.35. The fourth-order valence-corrected chi connectivity index (χ4v) is 1.50. The van der Waals surface area contributed by atoms with Crippen molar-refractivity contribution >= 4 is 0 Å². The molecule has 102 valence electrons. The van der Waals surface area contributed by atoms with Gasteiger partial charge in [-0.05, 0) is 12.1 Å². The van der Waals surface area contributed by atoms with Crippen LogP contribution in [0.1, 0.15) is 5.89 Å². The molecule has 2 rings (SSSR count). The number of ether oxygens (including phenoxy) is 1. The number of nitrogens with one attached hydrogen (secondary N) is 1. The normalized spacial score (nSPS) is 10.9. The van der Waals surface area contributed by atoms with E-state index in [9.17, 15) is 8.78 Å². The fourth-order valence-electron chi connectivity index (χ4n) is 1.50. The van der Waals surface area contributed by atoms with E-state index in [1.54, 1.807) is 7.11 Å². The number of benzene rings is 1. The zero-order valence-corrected chi connectivity index (χ0v) is 10.3. The predicted octanol–water partition coefficient (Wildman–Crippen LogP) is 1.75. The number of hydrogen-bond acceptors (Lipinski definition) is 5. The lowest BCUT2D eigenvalue weighted by Gasteiger charge is -1.98.